The van der Waals surface area contributed by atoms with Crippen molar-refractivity contribution in [2.24, 2.45) is 0 Å². The molecule has 0 spiro atoms. The number of ether oxygens (including phenoxy) is 2. The molecule has 0 atom stereocenters. The quantitative estimate of drug-likeness (QED) is 0.404. The van der Waals surface area contributed by atoms with Crippen LogP contribution in [0.4, 0.5) is 5.69 Å². The first-order valence-corrected chi connectivity index (χ1v) is 8.45. The molecular formula is C17H24N2O4S. The lowest BCUT2D eigenvalue weighted by Gasteiger charge is -2.11. The Labute approximate surface area is 147 Å². The van der Waals surface area contributed by atoms with Gasteiger partial charge in [-0.1, -0.05) is 19.4 Å². The van der Waals surface area contributed by atoms with Gasteiger partial charge in [-0.25, -0.2) is 0 Å². The second-order valence-corrected chi connectivity index (χ2v) is 5.45. The van der Waals surface area contributed by atoms with Gasteiger partial charge < -0.3 is 20.1 Å². The molecule has 7 heteroatoms. The van der Waals surface area contributed by atoms with E-state index in [-0.39, 0.29) is 23.9 Å². The Balaban J connectivity index is 2.40. The normalized spacial score (nSPS) is 9.92. The number of hydrogen-bond acceptors (Lipinski definition) is 5. The van der Waals surface area contributed by atoms with Crippen LogP contribution in [0.15, 0.2) is 24.3 Å². The van der Waals surface area contributed by atoms with Crippen LogP contribution in [0.1, 0.15) is 39.5 Å². The third-order valence-corrected chi connectivity index (χ3v) is 3.18. The highest BCUT2D eigenvalue weighted by atomic mass is 32.1. The molecule has 6 nitrogen and oxygen atoms in total. The molecule has 0 bridgehead atoms. The Kier molecular flexibility index (Phi) is 9.45. The molecule has 0 fully saturated rings. The molecule has 0 aliphatic heterocycles. The summed E-state index contributed by atoms with van der Waals surface area (Å²) >= 11 is 5.09. The highest BCUT2D eigenvalue weighted by molar-refractivity contribution is 7.80. The van der Waals surface area contributed by atoms with E-state index in [0.29, 0.717) is 13.2 Å². The second kappa shape index (κ2) is 11.4. The molecule has 0 aromatic heterocycles. The summed E-state index contributed by atoms with van der Waals surface area (Å²) in [6.45, 7) is 4.79. The summed E-state index contributed by atoms with van der Waals surface area (Å²) in [5.41, 5.74) is 0.722. The maximum Gasteiger partial charge on any atom is 0.306 e. The number of thiocarbonyl (C=S) groups is 1. The van der Waals surface area contributed by atoms with Crippen molar-refractivity contribution >= 4 is 34.9 Å². The van der Waals surface area contributed by atoms with Crippen molar-refractivity contribution < 1.29 is 19.1 Å². The van der Waals surface area contributed by atoms with Crippen molar-refractivity contribution in [1.29, 1.82) is 0 Å². The number of carbonyl (C=O) groups excluding carboxylic acids is 2. The predicted molar refractivity (Wildman–Crippen MR) is 97.1 cm³/mol. The number of esters is 1. The number of nitrogens with one attached hydrogen (secondary N) is 2. The molecule has 1 aromatic carbocycles. The maximum atomic E-state index is 11.7. The van der Waals surface area contributed by atoms with E-state index in [4.69, 9.17) is 21.7 Å². The summed E-state index contributed by atoms with van der Waals surface area (Å²) in [6, 6.07) is 7.34. The van der Waals surface area contributed by atoms with Crippen molar-refractivity contribution in [3.63, 3.8) is 0 Å². The third-order valence-electron chi connectivity index (χ3n) is 2.97. The van der Waals surface area contributed by atoms with Crippen molar-refractivity contribution in [3.8, 4) is 5.75 Å². The van der Waals surface area contributed by atoms with E-state index in [0.717, 1.165) is 24.3 Å². The summed E-state index contributed by atoms with van der Waals surface area (Å²) in [5.74, 6) is 0.00393. The molecular weight excluding hydrogens is 328 g/mol. The number of rotatable bonds is 9. The van der Waals surface area contributed by atoms with Crippen LogP contribution < -0.4 is 15.4 Å². The molecule has 132 valence electrons. The van der Waals surface area contributed by atoms with Crippen LogP contribution in [0.2, 0.25) is 0 Å². The molecule has 0 heterocycles. The molecule has 24 heavy (non-hydrogen) atoms. The fourth-order valence-corrected chi connectivity index (χ4v) is 2.03. The molecule has 1 aromatic rings. The van der Waals surface area contributed by atoms with Crippen LogP contribution in [-0.4, -0.2) is 30.2 Å². The minimum atomic E-state index is -0.400. The lowest BCUT2D eigenvalue weighted by atomic mass is 10.3. The van der Waals surface area contributed by atoms with Gasteiger partial charge in [0.1, 0.15) is 5.75 Å². The molecule has 0 aliphatic carbocycles. The minimum Gasteiger partial charge on any atom is -0.494 e. The number of amides is 1. The lowest BCUT2D eigenvalue weighted by molar-refractivity contribution is -0.144. The van der Waals surface area contributed by atoms with E-state index in [1.54, 1.807) is 6.92 Å². The van der Waals surface area contributed by atoms with Gasteiger partial charge in [0.25, 0.3) is 0 Å². The van der Waals surface area contributed by atoms with Crippen LogP contribution >= 0.6 is 12.2 Å². The van der Waals surface area contributed by atoms with Crippen molar-refractivity contribution in [3.05, 3.63) is 24.3 Å². The second-order valence-electron chi connectivity index (χ2n) is 5.04. The fraction of sp³-hybridized carbons (Fsp3) is 0.471. The van der Waals surface area contributed by atoms with Crippen LogP contribution in [0.5, 0.6) is 5.75 Å². The molecule has 1 amide bonds. The number of unbranched alkanes of at least 4 members (excludes halogenated alkanes) is 1. The van der Waals surface area contributed by atoms with E-state index in [2.05, 4.69) is 17.6 Å². The summed E-state index contributed by atoms with van der Waals surface area (Å²) in [4.78, 5) is 22.9. The number of carbonyl (C=O) groups is 2. The smallest absolute Gasteiger partial charge is 0.306 e. The zero-order chi connectivity index (χ0) is 17.8. The molecule has 0 saturated heterocycles. The van der Waals surface area contributed by atoms with Crippen molar-refractivity contribution in [1.82, 2.24) is 5.32 Å². The zero-order valence-electron chi connectivity index (χ0n) is 14.1. The molecule has 0 saturated carbocycles. The van der Waals surface area contributed by atoms with E-state index < -0.39 is 5.97 Å². The van der Waals surface area contributed by atoms with Gasteiger partial charge >= 0.3 is 5.97 Å². The Morgan fingerprint density at radius 2 is 2.00 bits per heavy atom. The molecule has 1 rings (SSSR count). The van der Waals surface area contributed by atoms with E-state index in [9.17, 15) is 9.59 Å². The lowest BCUT2D eigenvalue weighted by Crippen LogP contribution is -2.34. The Morgan fingerprint density at radius 3 is 2.71 bits per heavy atom. The molecule has 0 aliphatic rings. The first-order chi connectivity index (χ1) is 11.5. The highest BCUT2D eigenvalue weighted by Gasteiger charge is 2.09. The predicted octanol–water partition coefficient (Wildman–Crippen LogP) is 3.02. The standard InChI is InChI=1S/C17H24N2O4S/c1-3-5-11-23-14-8-6-7-13(12-14)18-17(24)19-15(20)9-10-16(21)22-4-2/h6-8,12H,3-5,9-11H2,1-2H3,(H2,18,19,20,24). The van der Waals surface area contributed by atoms with E-state index in [1.165, 1.54) is 0 Å². The van der Waals surface area contributed by atoms with Crippen molar-refractivity contribution in [2.45, 2.75) is 39.5 Å². The van der Waals surface area contributed by atoms with Gasteiger partial charge in [0, 0.05) is 18.2 Å². The van der Waals surface area contributed by atoms with Gasteiger partial charge in [0.15, 0.2) is 5.11 Å². The van der Waals surface area contributed by atoms with Crippen LogP contribution in [0.3, 0.4) is 0 Å². The van der Waals surface area contributed by atoms with Crippen LogP contribution in [-0.2, 0) is 14.3 Å². The zero-order valence-corrected chi connectivity index (χ0v) is 14.9. The van der Waals surface area contributed by atoms with Gasteiger partial charge in [0.05, 0.1) is 19.6 Å². The van der Waals surface area contributed by atoms with Crippen LogP contribution in [0.25, 0.3) is 0 Å². The first kappa shape index (κ1) is 19.9. The number of anilines is 1. The molecule has 0 unspecified atom stereocenters. The number of hydrogen-bond donors (Lipinski definition) is 2. The van der Waals surface area contributed by atoms with Gasteiger partial charge in [-0.05, 0) is 37.7 Å². The minimum absolute atomic E-state index is 0.0286. The Morgan fingerprint density at radius 1 is 1.21 bits per heavy atom. The fourth-order valence-electron chi connectivity index (χ4n) is 1.80. The summed E-state index contributed by atoms with van der Waals surface area (Å²) < 4.78 is 10.4. The van der Waals surface area contributed by atoms with Crippen LogP contribution in [0, 0.1) is 0 Å². The van der Waals surface area contributed by atoms with Gasteiger partial charge in [-0.3, -0.25) is 9.59 Å². The van der Waals surface area contributed by atoms with Gasteiger partial charge in [0.2, 0.25) is 5.91 Å². The van der Waals surface area contributed by atoms with Crippen molar-refractivity contribution in [2.75, 3.05) is 18.5 Å². The van der Waals surface area contributed by atoms with E-state index >= 15 is 0 Å². The Hall–Kier alpha value is -2.15. The van der Waals surface area contributed by atoms with Gasteiger partial charge in [-0.15, -0.1) is 0 Å². The molecule has 0 radical (unpaired) electrons. The third kappa shape index (κ3) is 8.47. The summed E-state index contributed by atoms with van der Waals surface area (Å²) in [6.07, 6.45) is 2.12. The molecule has 2 N–H and O–H groups in total. The summed E-state index contributed by atoms with van der Waals surface area (Å²) in [7, 11) is 0. The Bertz CT molecular complexity index is 563. The highest BCUT2D eigenvalue weighted by Crippen LogP contribution is 2.17. The topological polar surface area (TPSA) is 76.7 Å². The first-order valence-electron chi connectivity index (χ1n) is 8.04. The average molecular weight is 352 g/mol. The number of benzene rings is 1. The monoisotopic (exact) mass is 352 g/mol. The average Bonchev–Trinajstić information content (AvgIpc) is 2.54. The summed E-state index contributed by atoms with van der Waals surface area (Å²) in [5, 5.41) is 5.63. The van der Waals surface area contributed by atoms with E-state index in [1.807, 2.05) is 24.3 Å². The SMILES string of the molecule is CCCCOc1cccc(NC(=S)NC(=O)CCC(=O)OCC)c1. The largest absolute Gasteiger partial charge is 0.494 e. The van der Waals surface area contributed by atoms with Gasteiger partial charge in [-0.2, -0.15) is 0 Å². The maximum absolute atomic E-state index is 11.7.